The first-order valence-electron chi connectivity index (χ1n) is 12.9. The lowest BCUT2D eigenvalue weighted by Crippen LogP contribution is -2.48. The number of hydrogen-bond acceptors (Lipinski definition) is 10. The van der Waals surface area contributed by atoms with E-state index in [-0.39, 0.29) is 33.0 Å². The van der Waals surface area contributed by atoms with Gasteiger partial charge < -0.3 is 15.6 Å². The highest BCUT2D eigenvalue weighted by atomic mass is 79.9. The molecule has 3 heterocycles. The molecule has 0 aliphatic carbocycles. The number of carbonyl (C=O) groups excluding carboxylic acids is 1. The van der Waals surface area contributed by atoms with Crippen molar-refractivity contribution in [3.63, 3.8) is 0 Å². The standard InChI is InChI=1S/C29H29BrN6O6S/c1-28(2,3)42-27(39)36(18-25(37)38)24-14-12-22(30)26(33-24)29(31,43(40,41)21-10-7-15-32-17-21)16-20-11-13-23(35-34-20)19-8-5-4-6-9-19/h4-15,17H,16,18,31H2,1-3H3,(H,37,38). The molecule has 1 amide bonds. The van der Waals surface area contributed by atoms with E-state index in [0.717, 1.165) is 16.7 Å². The molecule has 0 radical (unpaired) electrons. The molecule has 12 nitrogen and oxygen atoms in total. The van der Waals surface area contributed by atoms with Crippen LogP contribution in [0, 0.1) is 0 Å². The lowest BCUT2D eigenvalue weighted by Gasteiger charge is -2.31. The molecule has 4 rings (SSSR count). The molecular weight excluding hydrogens is 640 g/mol. The molecular formula is C29H29BrN6O6S. The number of sulfone groups is 1. The molecule has 14 heteroatoms. The molecule has 0 fully saturated rings. The number of pyridine rings is 2. The number of nitrogens with two attached hydrogens (primary N) is 1. The molecule has 0 bridgehead atoms. The Kier molecular flexibility index (Phi) is 9.23. The molecule has 3 N–H and O–H groups in total. The molecule has 1 atom stereocenters. The van der Waals surface area contributed by atoms with Gasteiger partial charge in [-0.1, -0.05) is 30.3 Å². The summed E-state index contributed by atoms with van der Waals surface area (Å²) in [6.45, 7) is 4.07. The van der Waals surface area contributed by atoms with E-state index in [9.17, 15) is 23.1 Å². The fourth-order valence-corrected chi connectivity index (χ4v) is 6.41. The van der Waals surface area contributed by atoms with Crippen LogP contribution in [0.15, 0.2) is 88.5 Å². The molecule has 43 heavy (non-hydrogen) atoms. The second-order valence-corrected chi connectivity index (χ2v) is 13.6. The second kappa shape index (κ2) is 12.5. The van der Waals surface area contributed by atoms with E-state index in [0.29, 0.717) is 5.69 Å². The molecule has 1 aromatic carbocycles. The van der Waals surface area contributed by atoms with Crippen LogP contribution >= 0.6 is 15.9 Å². The van der Waals surface area contributed by atoms with Crippen LogP contribution in [0.3, 0.4) is 0 Å². The van der Waals surface area contributed by atoms with Crippen LogP contribution in [0.25, 0.3) is 11.3 Å². The number of ether oxygens (including phenoxy) is 1. The number of aliphatic carboxylic acids is 1. The van der Waals surface area contributed by atoms with E-state index < -0.39 is 38.9 Å². The largest absolute Gasteiger partial charge is 0.480 e. The van der Waals surface area contributed by atoms with Crippen molar-refractivity contribution in [3.8, 4) is 11.3 Å². The highest BCUT2D eigenvalue weighted by molar-refractivity contribution is 9.10. The van der Waals surface area contributed by atoms with E-state index in [1.807, 2.05) is 30.3 Å². The van der Waals surface area contributed by atoms with Crippen molar-refractivity contribution in [3.05, 3.63) is 95.0 Å². The van der Waals surface area contributed by atoms with Gasteiger partial charge in [-0.25, -0.2) is 18.2 Å². The van der Waals surface area contributed by atoms with E-state index in [1.54, 1.807) is 32.9 Å². The third-order valence-corrected chi connectivity index (χ3v) is 8.87. The minimum atomic E-state index is -4.45. The maximum Gasteiger partial charge on any atom is 0.416 e. The van der Waals surface area contributed by atoms with Gasteiger partial charge in [0.05, 0.1) is 22.0 Å². The first-order valence-corrected chi connectivity index (χ1v) is 15.2. The average Bonchev–Trinajstić information content (AvgIpc) is 2.96. The summed E-state index contributed by atoms with van der Waals surface area (Å²) in [5, 5.41) is 18.0. The van der Waals surface area contributed by atoms with Crippen molar-refractivity contribution in [2.45, 2.75) is 42.6 Å². The molecule has 3 aromatic heterocycles. The van der Waals surface area contributed by atoms with Crippen LogP contribution in [-0.4, -0.2) is 57.9 Å². The van der Waals surface area contributed by atoms with Crippen LogP contribution in [0.5, 0.6) is 0 Å². The summed E-state index contributed by atoms with van der Waals surface area (Å²) in [4.78, 5) is 31.4. The summed E-state index contributed by atoms with van der Waals surface area (Å²) in [6, 6.07) is 18.2. The summed E-state index contributed by atoms with van der Waals surface area (Å²) in [7, 11) is -4.45. The minimum absolute atomic E-state index is 0.181. The summed E-state index contributed by atoms with van der Waals surface area (Å²) >= 11 is 3.36. The number of anilines is 1. The predicted octanol–water partition coefficient (Wildman–Crippen LogP) is 4.35. The van der Waals surface area contributed by atoms with Gasteiger partial charge in [-0.3, -0.25) is 14.7 Å². The van der Waals surface area contributed by atoms with Crippen LogP contribution < -0.4 is 10.6 Å². The summed E-state index contributed by atoms with van der Waals surface area (Å²) in [6.07, 6.45) is 1.21. The zero-order chi connectivity index (χ0) is 31.4. The van der Waals surface area contributed by atoms with Gasteiger partial charge in [0.15, 0.2) is 4.87 Å². The van der Waals surface area contributed by atoms with E-state index in [4.69, 9.17) is 10.5 Å². The van der Waals surface area contributed by atoms with Crippen molar-refractivity contribution >= 4 is 43.6 Å². The predicted molar refractivity (Wildman–Crippen MR) is 162 cm³/mol. The van der Waals surface area contributed by atoms with Gasteiger partial charge in [0.2, 0.25) is 9.84 Å². The number of carboxylic acids is 1. The molecule has 4 aromatic rings. The fourth-order valence-electron chi connectivity index (χ4n) is 4.08. The Bertz CT molecular complexity index is 1720. The van der Waals surface area contributed by atoms with Crippen molar-refractivity contribution in [1.82, 2.24) is 20.2 Å². The number of aromatic nitrogens is 4. The number of carbonyl (C=O) groups is 2. The Labute approximate surface area is 257 Å². The monoisotopic (exact) mass is 668 g/mol. The Hall–Kier alpha value is -4.27. The Morgan fingerprint density at radius 2 is 1.72 bits per heavy atom. The van der Waals surface area contributed by atoms with E-state index >= 15 is 0 Å². The van der Waals surface area contributed by atoms with Gasteiger partial charge >= 0.3 is 12.1 Å². The Morgan fingerprint density at radius 1 is 1.00 bits per heavy atom. The fraction of sp³-hybridized carbons (Fsp3) is 0.241. The Morgan fingerprint density at radius 3 is 2.30 bits per heavy atom. The van der Waals surface area contributed by atoms with E-state index in [1.165, 1.54) is 30.5 Å². The minimum Gasteiger partial charge on any atom is -0.480 e. The van der Waals surface area contributed by atoms with Crippen molar-refractivity contribution in [2.75, 3.05) is 11.4 Å². The van der Waals surface area contributed by atoms with Gasteiger partial charge in [-0.15, -0.1) is 0 Å². The topological polar surface area (TPSA) is 179 Å². The van der Waals surface area contributed by atoms with Crippen LogP contribution in [-0.2, 0) is 30.7 Å². The second-order valence-electron chi connectivity index (χ2n) is 10.5. The first kappa shape index (κ1) is 31.7. The van der Waals surface area contributed by atoms with Gasteiger partial charge in [0.25, 0.3) is 0 Å². The number of benzene rings is 1. The number of hydrogen-bond donors (Lipinski definition) is 2. The van der Waals surface area contributed by atoms with Gasteiger partial charge in [0.1, 0.15) is 18.0 Å². The number of carboxylic acid groups (broad SMARTS) is 1. The zero-order valence-corrected chi connectivity index (χ0v) is 25.9. The zero-order valence-electron chi connectivity index (χ0n) is 23.5. The third kappa shape index (κ3) is 7.21. The molecule has 224 valence electrons. The normalized spacial score (nSPS) is 13.1. The maximum atomic E-state index is 14.2. The van der Waals surface area contributed by atoms with Crippen molar-refractivity contribution in [1.29, 1.82) is 0 Å². The summed E-state index contributed by atoms with van der Waals surface area (Å²) < 4.78 is 34.0. The number of halogens is 1. The summed E-state index contributed by atoms with van der Waals surface area (Å²) in [5.41, 5.74) is 7.33. The Balaban J connectivity index is 1.85. The first-order chi connectivity index (χ1) is 20.2. The lowest BCUT2D eigenvalue weighted by atomic mass is 10.1. The van der Waals surface area contributed by atoms with Gasteiger partial charge in [0, 0.05) is 28.9 Å². The molecule has 0 aliphatic heterocycles. The highest BCUT2D eigenvalue weighted by Gasteiger charge is 2.47. The van der Waals surface area contributed by atoms with Crippen molar-refractivity contribution in [2.24, 2.45) is 5.73 Å². The smallest absolute Gasteiger partial charge is 0.416 e. The van der Waals surface area contributed by atoms with Crippen LogP contribution in [0.4, 0.5) is 10.6 Å². The number of nitrogens with zero attached hydrogens (tertiary/aromatic N) is 5. The molecule has 0 saturated heterocycles. The molecule has 0 spiro atoms. The maximum absolute atomic E-state index is 14.2. The highest BCUT2D eigenvalue weighted by Crippen LogP contribution is 2.38. The summed E-state index contributed by atoms with van der Waals surface area (Å²) in [5.74, 6) is -1.52. The molecule has 1 unspecified atom stereocenters. The number of amides is 1. The number of rotatable bonds is 9. The van der Waals surface area contributed by atoms with Gasteiger partial charge in [-0.2, -0.15) is 10.2 Å². The average molecular weight is 670 g/mol. The van der Waals surface area contributed by atoms with Crippen LogP contribution in [0.1, 0.15) is 32.2 Å². The molecule has 0 aliphatic rings. The quantitative estimate of drug-likeness (QED) is 0.259. The lowest BCUT2D eigenvalue weighted by molar-refractivity contribution is -0.135. The van der Waals surface area contributed by atoms with Gasteiger partial charge in [-0.05, 0) is 73.1 Å². The molecule has 0 saturated carbocycles. The van der Waals surface area contributed by atoms with E-state index in [2.05, 4.69) is 36.1 Å². The van der Waals surface area contributed by atoms with Crippen LogP contribution in [0.2, 0.25) is 0 Å². The third-order valence-electron chi connectivity index (χ3n) is 6.07. The SMILES string of the molecule is CC(C)(C)OC(=O)N(CC(=O)O)c1ccc(Br)c(C(N)(Cc2ccc(-c3ccccc3)nn2)S(=O)(=O)c2cccnc2)n1. The van der Waals surface area contributed by atoms with Crippen molar-refractivity contribution < 1.29 is 27.9 Å².